The first-order chi connectivity index (χ1) is 13.8. The number of anilines is 1. The van der Waals surface area contributed by atoms with Gasteiger partial charge in [-0.3, -0.25) is 9.78 Å². The molecule has 0 saturated carbocycles. The number of carbonyl (C=O) groups excluding carboxylic acids is 1. The van der Waals surface area contributed by atoms with Gasteiger partial charge in [-0.05, 0) is 51.0 Å². The Labute approximate surface area is 169 Å². The highest BCUT2D eigenvalue weighted by Gasteiger charge is 2.28. The molecule has 3 rings (SSSR count). The Morgan fingerprint density at radius 2 is 2.14 bits per heavy atom. The number of aliphatic hydroxyl groups excluding tert-OH is 2. The van der Waals surface area contributed by atoms with Gasteiger partial charge >= 0.3 is 0 Å². The second-order valence-corrected chi connectivity index (χ2v) is 6.74. The molecule has 0 bridgehead atoms. The van der Waals surface area contributed by atoms with E-state index in [1.165, 1.54) is 19.4 Å². The zero-order valence-electron chi connectivity index (χ0n) is 16.8. The first-order valence-corrected chi connectivity index (χ1v) is 9.36. The maximum Gasteiger partial charge on any atom is 0.253 e. The molecule has 1 aromatic carbocycles. The molecular formula is C21H27FN2O5. The Balaban J connectivity index is 0.000000253. The molecule has 29 heavy (non-hydrogen) atoms. The molecule has 1 aliphatic heterocycles. The molecule has 0 aliphatic carbocycles. The van der Waals surface area contributed by atoms with Gasteiger partial charge in [0.2, 0.25) is 0 Å². The Kier molecular flexibility index (Phi) is 8.50. The topological polar surface area (TPSA) is 101 Å². The van der Waals surface area contributed by atoms with E-state index in [9.17, 15) is 14.3 Å². The molecule has 0 radical (unpaired) electrons. The number of amides is 1. The lowest BCUT2D eigenvalue weighted by Gasteiger charge is -2.12. The fourth-order valence-electron chi connectivity index (χ4n) is 2.80. The second kappa shape index (κ2) is 10.8. The highest BCUT2D eigenvalue weighted by Crippen LogP contribution is 2.21. The highest BCUT2D eigenvalue weighted by molar-refractivity contribution is 5.94. The van der Waals surface area contributed by atoms with Crippen molar-refractivity contribution in [3.8, 4) is 5.75 Å². The highest BCUT2D eigenvalue weighted by atomic mass is 19.1. The molecule has 1 amide bonds. The van der Waals surface area contributed by atoms with Crippen LogP contribution in [0, 0.1) is 12.7 Å². The lowest BCUT2D eigenvalue weighted by Crippen LogP contribution is -2.27. The molecule has 158 valence electrons. The average Bonchev–Trinajstić information content (AvgIpc) is 3.17. The van der Waals surface area contributed by atoms with Crippen LogP contribution in [0.4, 0.5) is 10.1 Å². The number of benzene rings is 1. The van der Waals surface area contributed by atoms with Crippen LogP contribution >= 0.6 is 0 Å². The van der Waals surface area contributed by atoms with Gasteiger partial charge in [-0.15, -0.1) is 0 Å². The van der Waals surface area contributed by atoms with Gasteiger partial charge in [0.25, 0.3) is 5.91 Å². The predicted molar refractivity (Wildman–Crippen MR) is 106 cm³/mol. The van der Waals surface area contributed by atoms with E-state index in [0.717, 1.165) is 12.8 Å². The number of aliphatic hydroxyl groups is 2. The quantitative estimate of drug-likeness (QED) is 0.706. The molecule has 7 nitrogen and oxygen atoms in total. The first-order valence-electron chi connectivity index (χ1n) is 9.36. The number of carbonyl (C=O) groups is 1. The third kappa shape index (κ3) is 6.49. The van der Waals surface area contributed by atoms with E-state index in [1.807, 2.05) is 6.92 Å². The molecule has 1 aromatic heterocycles. The number of pyridine rings is 1. The third-order valence-corrected chi connectivity index (χ3v) is 4.53. The number of nitrogens with one attached hydrogen (secondary N) is 1. The molecule has 3 atom stereocenters. The van der Waals surface area contributed by atoms with Crippen LogP contribution < -0.4 is 10.1 Å². The van der Waals surface area contributed by atoms with E-state index in [-0.39, 0.29) is 24.4 Å². The minimum atomic E-state index is -0.997. The predicted octanol–water partition coefficient (Wildman–Crippen LogP) is 2.76. The Hall–Kier alpha value is -2.55. The van der Waals surface area contributed by atoms with Gasteiger partial charge in [-0.2, -0.15) is 0 Å². The number of aromatic nitrogens is 1. The molecule has 8 heteroatoms. The number of nitrogens with zero attached hydrogens (tertiary/aromatic N) is 1. The number of rotatable bonds is 5. The van der Waals surface area contributed by atoms with E-state index < -0.39 is 12.2 Å². The van der Waals surface area contributed by atoms with Gasteiger partial charge in [0, 0.05) is 5.56 Å². The van der Waals surface area contributed by atoms with Crippen molar-refractivity contribution in [1.82, 2.24) is 4.98 Å². The van der Waals surface area contributed by atoms with Crippen molar-refractivity contribution in [2.75, 3.05) is 19.0 Å². The Morgan fingerprint density at radius 3 is 2.66 bits per heavy atom. The smallest absolute Gasteiger partial charge is 0.253 e. The molecule has 3 N–H and O–H groups in total. The van der Waals surface area contributed by atoms with Crippen molar-refractivity contribution in [3.05, 3.63) is 53.6 Å². The lowest BCUT2D eigenvalue weighted by atomic mass is 10.2. The minimum Gasteiger partial charge on any atom is -0.496 e. The van der Waals surface area contributed by atoms with E-state index in [4.69, 9.17) is 14.6 Å². The molecule has 0 spiro atoms. The van der Waals surface area contributed by atoms with Crippen molar-refractivity contribution in [3.63, 3.8) is 0 Å². The van der Waals surface area contributed by atoms with E-state index >= 15 is 0 Å². The van der Waals surface area contributed by atoms with Gasteiger partial charge in [0.05, 0.1) is 37.4 Å². The van der Waals surface area contributed by atoms with E-state index in [1.54, 1.807) is 31.2 Å². The Morgan fingerprint density at radius 1 is 1.38 bits per heavy atom. The zero-order valence-corrected chi connectivity index (χ0v) is 16.8. The summed E-state index contributed by atoms with van der Waals surface area (Å²) in [5, 5.41) is 20.9. The summed E-state index contributed by atoms with van der Waals surface area (Å²) in [6.07, 6.45) is 1.78. The van der Waals surface area contributed by atoms with E-state index in [0.29, 0.717) is 22.7 Å². The summed E-state index contributed by atoms with van der Waals surface area (Å²) in [6, 6.07) is 7.98. The zero-order chi connectivity index (χ0) is 21.4. The van der Waals surface area contributed by atoms with Crippen molar-refractivity contribution in [1.29, 1.82) is 0 Å². The van der Waals surface area contributed by atoms with Gasteiger partial charge in [0.1, 0.15) is 23.8 Å². The summed E-state index contributed by atoms with van der Waals surface area (Å²) in [7, 11) is 1.53. The summed E-state index contributed by atoms with van der Waals surface area (Å²) in [6.45, 7) is 3.25. The normalized spacial score (nSPS) is 19.1. The third-order valence-electron chi connectivity index (χ3n) is 4.53. The number of hydrogen-bond donors (Lipinski definition) is 3. The fourth-order valence-corrected chi connectivity index (χ4v) is 2.80. The number of hydrogen-bond acceptors (Lipinski definition) is 6. The van der Waals surface area contributed by atoms with Crippen molar-refractivity contribution in [2.24, 2.45) is 0 Å². The van der Waals surface area contributed by atoms with Crippen molar-refractivity contribution < 1.29 is 28.9 Å². The summed E-state index contributed by atoms with van der Waals surface area (Å²) in [5.74, 6) is 0.195. The Bertz CT molecular complexity index is 800. The van der Waals surface area contributed by atoms with Crippen LogP contribution in [-0.2, 0) is 9.53 Å². The van der Waals surface area contributed by atoms with Crippen LogP contribution in [0.15, 0.2) is 36.5 Å². The maximum absolute atomic E-state index is 12.7. The standard InChI is InChI=1S/C13H18N2O4.C8H9FO/c1-8-2-5-12(19-8)13(18)15-9-3-4-10(14-6-9)11(17)7-16;1-6-7(9)4-3-5-8(6)10-2/h3-4,6,8,11-12,16-17H,2,5,7H2,1H3,(H,15,18);3-5H,1-2H3. The molecule has 3 unspecified atom stereocenters. The molecule has 2 heterocycles. The molecule has 1 fully saturated rings. The van der Waals surface area contributed by atoms with E-state index in [2.05, 4.69) is 10.3 Å². The fraction of sp³-hybridized carbons (Fsp3) is 0.429. The second-order valence-electron chi connectivity index (χ2n) is 6.74. The summed E-state index contributed by atoms with van der Waals surface area (Å²) in [4.78, 5) is 15.9. The van der Waals surface area contributed by atoms with Crippen LogP contribution in [0.25, 0.3) is 0 Å². The van der Waals surface area contributed by atoms with Crippen LogP contribution in [-0.4, -0.2) is 47.0 Å². The largest absolute Gasteiger partial charge is 0.496 e. The number of ether oxygens (including phenoxy) is 2. The van der Waals surface area contributed by atoms with Crippen LogP contribution in [0.1, 0.15) is 37.1 Å². The van der Waals surface area contributed by atoms with Gasteiger partial charge in [0.15, 0.2) is 0 Å². The SMILES string of the molecule is CC1CCC(C(=O)Nc2ccc(C(O)CO)nc2)O1.COc1cccc(F)c1C. The summed E-state index contributed by atoms with van der Waals surface area (Å²) < 4.78 is 23.0. The first kappa shape index (κ1) is 22.7. The lowest BCUT2D eigenvalue weighted by molar-refractivity contribution is -0.126. The van der Waals surface area contributed by atoms with Gasteiger partial charge in [-0.25, -0.2) is 4.39 Å². The molecular weight excluding hydrogens is 379 g/mol. The maximum atomic E-state index is 12.7. The van der Waals surface area contributed by atoms with Gasteiger partial charge < -0.3 is 25.0 Å². The van der Waals surface area contributed by atoms with Gasteiger partial charge in [-0.1, -0.05) is 6.07 Å². The average molecular weight is 406 g/mol. The number of halogens is 1. The van der Waals surface area contributed by atoms with Crippen LogP contribution in [0.5, 0.6) is 5.75 Å². The van der Waals surface area contributed by atoms with Crippen LogP contribution in [0.2, 0.25) is 0 Å². The monoisotopic (exact) mass is 406 g/mol. The molecule has 1 aliphatic rings. The number of methoxy groups -OCH3 is 1. The summed E-state index contributed by atoms with van der Waals surface area (Å²) >= 11 is 0. The molecule has 2 aromatic rings. The summed E-state index contributed by atoms with van der Waals surface area (Å²) in [5.41, 5.74) is 1.47. The van der Waals surface area contributed by atoms with Crippen LogP contribution in [0.3, 0.4) is 0 Å². The minimum absolute atomic E-state index is 0.121. The molecule has 1 saturated heterocycles. The van der Waals surface area contributed by atoms with Crippen molar-refractivity contribution >= 4 is 11.6 Å². The van der Waals surface area contributed by atoms with Crippen molar-refractivity contribution in [2.45, 2.75) is 45.0 Å².